The standard InChI is InChI=1S/C70H137NO8/c1-6-8-10-12-14-16-18-20-22-24-26-27-28-29-30-31-32-33-34-35-36-37-38-39-40-41-43-45-47-49-51-53-55-57-59-61-68(73)79-66(65-78-70(69(74)75)76-63-62-71(3,4)5)64-77-67(72)60-58-56-54-52-50-48-46-44-42-25-23-21-19-17-15-13-11-9-7-2/h66,70H,6-65H2,1-5H3/p+1. The number of nitrogens with zero attached hydrogens (tertiary/aromatic N) is 1. The third-order valence-electron chi connectivity index (χ3n) is 16.4. The van der Waals surface area contributed by atoms with Gasteiger partial charge in [0.05, 0.1) is 34.4 Å². The number of likely N-dealkylation sites (N-methyl/N-ethyl adjacent to an activating group) is 1. The highest BCUT2D eigenvalue weighted by Crippen LogP contribution is 2.20. The van der Waals surface area contributed by atoms with Crippen LogP contribution < -0.4 is 0 Å². The number of rotatable bonds is 67. The molecule has 0 saturated carbocycles. The number of unbranched alkanes of at least 4 members (excludes halogenated alkanes) is 52. The van der Waals surface area contributed by atoms with Crippen molar-refractivity contribution in [1.29, 1.82) is 0 Å². The molecule has 9 nitrogen and oxygen atoms in total. The first-order valence-electron chi connectivity index (χ1n) is 35.2. The second-order valence-corrected chi connectivity index (χ2v) is 25.6. The van der Waals surface area contributed by atoms with Crippen LogP contribution in [0.15, 0.2) is 0 Å². The van der Waals surface area contributed by atoms with Gasteiger partial charge in [-0.05, 0) is 12.8 Å². The SMILES string of the molecule is CCCCCCCCCCCCCCCCCCCCCCCCCCCCCCCCCCCCCC(=O)OC(COC(=O)CCCCCCCCCCCCCCCCCCCCC)COC(OCC[N+](C)(C)C)C(=O)O. The van der Waals surface area contributed by atoms with Gasteiger partial charge < -0.3 is 28.5 Å². The molecule has 0 amide bonds. The summed E-state index contributed by atoms with van der Waals surface area (Å²) in [4.78, 5) is 37.6. The molecule has 79 heavy (non-hydrogen) atoms. The van der Waals surface area contributed by atoms with E-state index in [1.54, 1.807) is 0 Å². The van der Waals surface area contributed by atoms with Gasteiger partial charge in [-0.3, -0.25) is 9.59 Å². The number of hydrogen-bond donors (Lipinski definition) is 1. The number of esters is 2. The van der Waals surface area contributed by atoms with Crippen molar-refractivity contribution >= 4 is 17.9 Å². The monoisotopic (exact) mass is 1120 g/mol. The van der Waals surface area contributed by atoms with Crippen molar-refractivity contribution in [3.05, 3.63) is 0 Å². The van der Waals surface area contributed by atoms with E-state index in [0.29, 0.717) is 17.4 Å². The summed E-state index contributed by atoms with van der Waals surface area (Å²) in [5.41, 5.74) is 0. The fourth-order valence-electron chi connectivity index (χ4n) is 11.0. The van der Waals surface area contributed by atoms with Crippen LogP contribution in [0.3, 0.4) is 0 Å². The van der Waals surface area contributed by atoms with Crippen LogP contribution in [0.4, 0.5) is 0 Å². The number of carbonyl (C=O) groups is 3. The summed E-state index contributed by atoms with van der Waals surface area (Å²) in [6.07, 6.45) is 70.9. The maximum absolute atomic E-state index is 12.9. The highest BCUT2D eigenvalue weighted by atomic mass is 16.7. The van der Waals surface area contributed by atoms with E-state index in [2.05, 4.69) is 13.8 Å². The fraction of sp³-hybridized carbons (Fsp3) is 0.957. The van der Waals surface area contributed by atoms with E-state index in [9.17, 15) is 19.5 Å². The first-order chi connectivity index (χ1) is 38.6. The van der Waals surface area contributed by atoms with Crippen LogP contribution in [0.25, 0.3) is 0 Å². The van der Waals surface area contributed by atoms with Gasteiger partial charge >= 0.3 is 17.9 Å². The van der Waals surface area contributed by atoms with Gasteiger partial charge in [-0.1, -0.05) is 348 Å². The molecule has 0 fully saturated rings. The van der Waals surface area contributed by atoms with Gasteiger partial charge in [0.2, 0.25) is 0 Å². The Hall–Kier alpha value is -1.71. The van der Waals surface area contributed by atoms with E-state index < -0.39 is 18.4 Å². The van der Waals surface area contributed by atoms with Crippen molar-refractivity contribution in [2.24, 2.45) is 0 Å². The molecule has 0 aliphatic heterocycles. The molecule has 0 heterocycles. The molecule has 1 N–H and O–H groups in total. The van der Waals surface area contributed by atoms with Crippen LogP contribution in [-0.2, 0) is 33.3 Å². The zero-order valence-corrected chi connectivity index (χ0v) is 53.8. The lowest BCUT2D eigenvalue weighted by Crippen LogP contribution is -2.40. The maximum Gasteiger partial charge on any atom is 0.361 e. The average Bonchev–Trinajstić information content (AvgIpc) is 3.42. The van der Waals surface area contributed by atoms with Crippen molar-refractivity contribution in [3.63, 3.8) is 0 Å². The summed E-state index contributed by atoms with van der Waals surface area (Å²) in [6.45, 7) is 4.97. The Morgan fingerprint density at radius 3 is 0.810 bits per heavy atom. The second kappa shape index (κ2) is 62.3. The predicted molar refractivity (Wildman–Crippen MR) is 337 cm³/mol. The molecule has 0 rings (SSSR count). The van der Waals surface area contributed by atoms with E-state index in [1.165, 1.54) is 308 Å². The summed E-state index contributed by atoms with van der Waals surface area (Å²) >= 11 is 0. The summed E-state index contributed by atoms with van der Waals surface area (Å²) in [6, 6.07) is 0. The van der Waals surface area contributed by atoms with Crippen molar-refractivity contribution in [1.82, 2.24) is 0 Å². The number of aliphatic carboxylic acids is 1. The Kier molecular flexibility index (Phi) is 61.0. The molecular weight excluding hydrogens is 983 g/mol. The van der Waals surface area contributed by atoms with Crippen LogP contribution in [0.1, 0.15) is 373 Å². The van der Waals surface area contributed by atoms with Gasteiger partial charge in [0.25, 0.3) is 6.29 Å². The Morgan fingerprint density at radius 1 is 0.329 bits per heavy atom. The second-order valence-electron chi connectivity index (χ2n) is 25.6. The molecule has 0 saturated heterocycles. The van der Waals surface area contributed by atoms with Crippen LogP contribution in [-0.4, -0.2) is 87.4 Å². The minimum atomic E-state index is -1.50. The van der Waals surface area contributed by atoms with Gasteiger partial charge in [0.1, 0.15) is 13.2 Å². The van der Waals surface area contributed by atoms with Gasteiger partial charge in [0.15, 0.2) is 6.10 Å². The molecule has 0 bridgehead atoms. The van der Waals surface area contributed by atoms with Gasteiger partial charge in [-0.15, -0.1) is 0 Å². The third-order valence-corrected chi connectivity index (χ3v) is 16.4. The first-order valence-corrected chi connectivity index (χ1v) is 35.2. The molecule has 0 spiro atoms. The third kappa shape index (κ3) is 63.7. The zero-order chi connectivity index (χ0) is 57.6. The molecule has 0 aromatic rings. The van der Waals surface area contributed by atoms with Crippen molar-refractivity contribution < 1.29 is 42.9 Å². The van der Waals surface area contributed by atoms with E-state index in [0.717, 1.165) is 38.5 Å². The average molecular weight is 1120 g/mol. The lowest BCUT2D eigenvalue weighted by Gasteiger charge is -2.25. The summed E-state index contributed by atoms with van der Waals surface area (Å²) < 4.78 is 23.0. The number of ether oxygens (including phenoxy) is 4. The molecular formula is C70H138NO8+. The quantitative estimate of drug-likeness (QED) is 0.0278. The van der Waals surface area contributed by atoms with Gasteiger partial charge in [-0.25, -0.2) is 4.79 Å². The molecule has 9 heteroatoms. The number of carboxylic acids is 1. The summed E-state index contributed by atoms with van der Waals surface area (Å²) in [7, 11) is 5.99. The Morgan fingerprint density at radius 2 is 0.570 bits per heavy atom. The van der Waals surface area contributed by atoms with Crippen molar-refractivity contribution in [3.8, 4) is 0 Å². The van der Waals surface area contributed by atoms with Crippen LogP contribution in [0, 0.1) is 0 Å². The van der Waals surface area contributed by atoms with E-state index in [1.807, 2.05) is 21.1 Å². The summed E-state index contributed by atoms with van der Waals surface area (Å²) in [5.74, 6) is -1.97. The molecule has 2 unspecified atom stereocenters. The smallest absolute Gasteiger partial charge is 0.361 e. The summed E-state index contributed by atoms with van der Waals surface area (Å²) in [5, 5.41) is 9.73. The van der Waals surface area contributed by atoms with Crippen LogP contribution in [0.5, 0.6) is 0 Å². The molecule has 0 radical (unpaired) electrons. The fourth-order valence-corrected chi connectivity index (χ4v) is 11.0. The molecule has 0 aliphatic carbocycles. The lowest BCUT2D eigenvalue weighted by molar-refractivity contribution is -0.870. The van der Waals surface area contributed by atoms with Gasteiger partial charge in [0, 0.05) is 12.8 Å². The number of carbonyl (C=O) groups excluding carboxylic acids is 2. The van der Waals surface area contributed by atoms with Crippen LogP contribution in [0.2, 0.25) is 0 Å². The Bertz CT molecular complexity index is 1260. The van der Waals surface area contributed by atoms with Crippen LogP contribution >= 0.6 is 0 Å². The molecule has 2 atom stereocenters. The maximum atomic E-state index is 12.9. The lowest BCUT2D eigenvalue weighted by atomic mass is 10.0. The minimum absolute atomic E-state index is 0.172. The first kappa shape index (κ1) is 77.3. The highest BCUT2D eigenvalue weighted by Gasteiger charge is 2.25. The normalized spacial score (nSPS) is 12.6. The predicted octanol–water partition coefficient (Wildman–Crippen LogP) is 21.5. The number of carboxylic acid groups (broad SMARTS) is 1. The number of hydrogen-bond acceptors (Lipinski definition) is 7. The van der Waals surface area contributed by atoms with E-state index in [4.69, 9.17) is 18.9 Å². The van der Waals surface area contributed by atoms with Crippen molar-refractivity contribution in [2.75, 3.05) is 47.5 Å². The molecule has 470 valence electrons. The Labute approximate surface area is 492 Å². The van der Waals surface area contributed by atoms with E-state index in [-0.39, 0.29) is 38.2 Å². The molecule has 0 aromatic carbocycles. The van der Waals surface area contributed by atoms with E-state index >= 15 is 0 Å². The minimum Gasteiger partial charge on any atom is -0.477 e. The largest absolute Gasteiger partial charge is 0.477 e. The Balaban J connectivity index is 3.97. The zero-order valence-electron chi connectivity index (χ0n) is 53.8. The van der Waals surface area contributed by atoms with Crippen molar-refractivity contribution in [2.45, 2.75) is 386 Å². The van der Waals surface area contributed by atoms with Gasteiger partial charge in [-0.2, -0.15) is 0 Å². The molecule has 0 aliphatic rings. The topological polar surface area (TPSA) is 108 Å². The highest BCUT2D eigenvalue weighted by molar-refractivity contribution is 5.71. The molecule has 0 aromatic heterocycles. The number of quaternary nitrogens is 1.